The Morgan fingerprint density at radius 2 is 2.02 bits per heavy atom. The summed E-state index contributed by atoms with van der Waals surface area (Å²) < 4.78 is 17.4. The minimum atomic E-state index is -0.946. The molecule has 1 aliphatic heterocycles. The van der Waals surface area contributed by atoms with Crippen molar-refractivity contribution >= 4 is 12.0 Å². The minimum absolute atomic E-state index is 0.175. The molecule has 0 amide bonds. The van der Waals surface area contributed by atoms with Crippen LogP contribution in [-0.4, -0.2) is 51.2 Å². The molecule has 6 atom stereocenters. The van der Waals surface area contributed by atoms with Crippen molar-refractivity contribution in [3.8, 4) is 0 Å². The Kier molecular flexibility index (Phi) is 15.2. The molecule has 0 aromatic carbocycles. The van der Waals surface area contributed by atoms with Gasteiger partial charge >= 0.3 is 5.97 Å². The number of unbranched alkanes of at least 4 members (excludes halogenated alkanes) is 1. The van der Waals surface area contributed by atoms with E-state index < -0.39 is 24.5 Å². The molecule has 3 N–H and O–H groups in total. The number of rotatable bonds is 18. The number of hydrogen-bond acceptors (Lipinski definition) is 7. The SMILES string of the molecule is C=C(CCC/C=C/C(=O)O)CC(O)CC1CCOC(c2coc(/C=C/C[C@@H](O)[C@H](C)CC(C)C/C(C)=C/C)n2)O1. The number of nitrogens with zero attached hydrogens (tertiary/aromatic N) is 1. The van der Waals surface area contributed by atoms with Crippen LogP contribution in [0.1, 0.15) is 103 Å². The van der Waals surface area contributed by atoms with E-state index in [0.29, 0.717) is 56.2 Å². The highest BCUT2D eigenvalue weighted by atomic mass is 16.7. The molecule has 1 fully saturated rings. The zero-order chi connectivity index (χ0) is 29.5. The van der Waals surface area contributed by atoms with Crippen LogP contribution in [0.15, 0.2) is 52.7 Å². The third-order valence-electron chi connectivity index (χ3n) is 7.26. The van der Waals surface area contributed by atoms with Crippen LogP contribution in [0.3, 0.4) is 0 Å². The summed E-state index contributed by atoms with van der Waals surface area (Å²) >= 11 is 0. The first-order valence-corrected chi connectivity index (χ1v) is 14.5. The Morgan fingerprint density at radius 3 is 2.75 bits per heavy atom. The highest BCUT2D eigenvalue weighted by Gasteiger charge is 2.28. The average Bonchev–Trinajstić information content (AvgIpc) is 3.37. The van der Waals surface area contributed by atoms with Gasteiger partial charge in [0.15, 0.2) is 0 Å². The number of ether oxygens (including phenoxy) is 2. The van der Waals surface area contributed by atoms with E-state index in [1.807, 2.05) is 6.08 Å². The molecule has 2 heterocycles. The van der Waals surface area contributed by atoms with E-state index in [-0.39, 0.29) is 12.0 Å². The van der Waals surface area contributed by atoms with Crippen molar-refractivity contribution in [2.24, 2.45) is 11.8 Å². The second-order valence-electron chi connectivity index (χ2n) is 11.2. The summed E-state index contributed by atoms with van der Waals surface area (Å²) in [6, 6.07) is 0. The monoisotopic (exact) mass is 559 g/mol. The van der Waals surface area contributed by atoms with Gasteiger partial charge in [-0.25, -0.2) is 9.78 Å². The molecule has 0 bridgehead atoms. The smallest absolute Gasteiger partial charge is 0.327 e. The van der Waals surface area contributed by atoms with E-state index in [4.69, 9.17) is 19.0 Å². The lowest BCUT2D eigenvalue weighted by atomic mass is 9.88. The molecular formula is C32H49NO7. The van der Waals surface area contributed by atoms with Gasteiger partial charge in [-0.3, -0.25) is 0 Å². The molecule has 4 unspecified atom stereocenters. The molecule has 0 spiro atoms. The summed E-state index contributed by atoms with van der Waals surface area (Å²) in [5.74, 6) is 0.200. The van der Waals surface area contributed by atoms with Crippen molar-refractivity contribution in [1.29, 1.82) is 0 Å². The van der Waals surface area contributed by atoms with E-state index >= 15 is 0 Å². The lowest BCUT2D eigenvalue weighted by molar-refractivity contribution is -0.224. The first kappa shape index (κ1) is 33.7. The zero-order valence-electron chi connectivity index (χ0n) is 24.6. The van der Waals surface area contributed by atoms with E-state index in [0.717, 1.165) is 37.3 Å². The Labute approximate surface area is 239 Å². The van der Waals surface area contributed by atoms with Gasteiger partial charge in [-0.05, 0) is 83.1 Å². The number of aliphatic carboxylic acids is 1. The van der Waals surface area contributed by atoms with Gasteiger partial charge in [0.05, 0.1) is 24.9 Å². The Bertz CT molecular complexity index is 995. The molecule has 1 aromatic rings. The number of carboxylic acids is 1. The molecule has 8 heteroatoms. The van der Waals surface area contributed by atoms with Crippen molar-refractivity contribution in [1.82, 2.24) is 4.98 Å². The lowest BCUT2D eigenvalue weighted by Crippen LogP contribution is -2.30. The molecule has 40 heavy (non-hydrogen) atoms. The fraction of sp³-hybridized carbons (Fsp3) is 0.625. The molecule has 0 radical (unpaired) electrons. The topological polar surface area (TPSA) is 122 Å². The van der Waals surface area contributed by atoms with Crippen molar-refractivity contribution in [2.75, 3.05) is 6.61 Å². The summed E-state index contributed by atoms with van der Waals surface area (Å²) in [4.78, 5) is 15.0. The number of aromatic nitrogens is 1. The third-order valence-corrected chi connectivity index (χ3v) is 7.26. The minimum Gasteiger partial charge on any atom is -0.478 e. The van der Waals surface area contributed by atoms with Crippen LogP contribution in [0, 0.1) is 11.8 Å². The van der Waals surface area contributed by atoms with Gasteiger partial charge in [-0.2, -0.15) is 0 Å². The molecule has 1 saturated heterocycles. The first-order chi connectivity index (χ1) is 19.1. The highest BCUT2D eigenvalue weighted by Crippen LogP contribution is 2.29. The summed E-state index contributed by atoms with van der Waals surface area (Å²) in [7, 11) is 0. The van der Waals surface area contributed by atoms with Crippen molar-refractivity contribution < 1.29 is 34.0 Å². The summed E-state index contributed by atoms with van der Waals surface area (Å²) in [6.07, 6.45) is 14.6. The molecule has 8 nitrogen and oxygen atoms in total. The Morgan fingerprint density at radius 1 is 1.25 bits per heavy atom. The van der Waals surface area contributed by atoms with Crippen molar-refractivity contribution in [3.63, 3.8) is 0 Å². The predicted molar refractivity (Wildman–Crippen MR) is 156 cm³/mol. The zero-order valence-corrected chi connectivity index (χ0v) is 24.6. The average molecular weight is 560 g/mol. The summed E-state index contributed by atoms with van der Waals surface area (Å²) in [6.45, 7) is 13.1. The Balaban J connectivity index is 1.75. The van der Waals surface area contributed by atoms with Crippen molar-refractivity contribution in [2.45, 2.75) is 110 Å². The number of hydrogen-bond donors (Lipinski definition) is 3. The van der Waals surface area contributed by atoms with Gasteiger partial charge in [-0.1, -0.05) is 49.8 Å². The maximum Gasteiger partial charge on any atom is 0.327 e. The van der Waals surface area contributed by atoms with E-state index in [2.05, 4.69) is 45.3 Å². The fourth-order valence-corrected chi connectivity index (χ4v) is 4.96. The van der Waals surface area contributed by atoms with Gasteiger partial charge in [0.1, 0.15) is 12.0 Å². The number of carbonyl (C=O) groups is 1. The molecule has 2 rings (SSSR count). The van der Waals surface area contributed by atoms with Gasteiger partial charge in [0.2, 0.25) is 12.2 Å². The van der Waals surface area contributed by atoms with Crippen LogP contribution in [0.25, 0.3) is 6.08 Å². The maximum atomic E-state index is 10.6. The summed E-state index contributed by atoms with van der Waals surface area (Å²) in [5, 5.41) is 29.8. The van der Waals surface area contributed by atoms with Crippen LogP contribution in [0.2, 0.25) is 0 Å². The molecule has 0 saturated carbocycles. The van der Waals surface area contributed by atoms with Gasteiger partial charge < -0.3 is 29.2 Å². The predicted octanol–water partition coefficient (Wildman–Crippen LogP) is 6.77. The number of oxazole rings is 1. The highest BCUT2D eigenvalue weighted by molar-refractivity contribution is 5.79. The van der Waals surface area contributed by atoms with Crippen LogP contribution in [0.4, 0.5) is 0 Å². The van der Waals surface area contributed by atoms with Crippen LogP contribution < -0.4 is 0 Å². The van der Waals surface area contributed by atoms with E-state index in [9.17, 15) is 15.0 Å². The largest absolute Gasteiger partial charge is 0.478 e. The normalized spacial score (nSPS) is 21.5. The standard InChI is InChI=1S/C32H49NO7/c1-6-22(2)17-24(4)18-25(5)29(35)12-10-13-30-33-28(21-39-30)32-38-16-15-27(40-32)20-26(34)19-23(3)11-8-7-9-14-31(36)37/h6,9-10,13-14,21,24-27,29,32,34-35H,3,7-8,11-12,15-20H2,1-2,4-5H3,(H,36,37)/b13-10+,14-9+,22-6+/t24?,25-,26?,27?,29-,32?/m1/s1. The van der Waals surface area contributed by atoms with Gasteiger partial charge in [0, 0.05) is 12.5 Å². The maximum absolute atomic E-state index is 10.6. The number of carboxylic acid groups (broad SMARTS) is 1. The number of aliphatic hydroxyl groups excluding tert-OH is 2. The molecule has 1 aromatic heterocycles. The number of aliphatic hydroxyl groups is 2. The lowest BCUT2D eigenvalue weighted by Gasteiger charge is -2.30. The van der Waals surface area contributed by atoms with E-state index in [1.165, 1.54) is 11.8 Å². The van der Waals surface area contributed by atoms with Crippen LogP contribution in [-0.2, 0) is 14.3 Å². The second kappa shape index (κ2) is 18.0. The quantitative estimate of drug-likeness (QED) is 0.102. The molecule has 1 aliphatic rings. The molecular weight excluding hydrogens is 510 g/mol. The second-order valence-corrected chi connectivity index (χ2v) is 11.2. The Hall–Kier alpha value is -2.52. The molecule has 0 aliphatic carbocycles. The van der Waals surface area contributed by atoms with Gasteiger partial charge in [-0.15, -0.1) is 0 Å². The van der Waals surface area contributed by atoms with E-state index in [1.54, 1.807) is 12.2 Å². The number of allylic oxidation sites excluding steroid dienone is 3. The third kappa shape index (κ3) is 13.2. The summed E-state index contributed by atoms with van der Waals surface area (Å²) in [5.41, 5.74) is 2.86. The first-order valence-electron chi connectivity index (χ1n) is 14.5. The van der Waals surface area contributed by atoms with Gasteiger partial charge in [0.25, 0.3) is 0 Å². The fourth-order valence-electron chi connectivity index (χ4n) is 4.96. The van der Waals surface area contributed by atoms with Crippen molar-refractivity contribution in [3.05, 3.63) is 59.9 Å². The van der Waals surface area contributed by atoms with Crippen LogP contribution in [0.5, 0.6) is 0 Å². The molecule has 224 valence electrons. The van der Waals surface area contributed by atoms with Crippen LogP contribution >= 0.6 is 0 Å².